The molecule has 3 amide bonds. The zero-order valence-corrected chi connectivity index (χ0v) is 11.5. The third kappa shape index (κ3) is 6.88. The van der Waals surface area contributed by atoms with Gasteiger partial charge >= 0.3 is 0 Å². The molecule has 0 aromatic heterocycles. The van der Waals surface area contributed by atoms with Crippen molar-refractivity contribution >= 4 is 17.7 Å². The van der Waals surface area contributed by atoms with Crippen LogP contribution in [0.2, 0.25) is 0 Å². The Bertz CT molecular complexity index is 303. The van der Waals surface area contributed by atoms with Crippen LogP contribution < -0.4 is 16.0 Å². The van der Waals surface area contributed by atoms with E-state index in [1.165, 1.54) is 7.05 Å². The van der Waals surface area contributed by atoms with Crippen molar-refractivity contribution in [3.05, 3.63) is 0 Å². The van der Waals surface area contributed by atoms with Crippen LogP contribution in [0.15, 0.2) is 0 Å². The van der Waals surface area contributed by atoms with Crippen molar-refractivity contribution < 1.29 is 14.4 Å². The van der Waals surface area contributed by atoms with E-state index in [-0.39, 0.29) is 30.2 Å². The van der Waals surface area contributed by atoms with Gasteiger partial charge in [-0.2, -0.15) is 0 Å². The summed E-state index contributed by atoms with van der Waals surface area (Å²) >= 11 is 0. The van der Waals surface area contributed by atoms with Gasteiger partial charge in [-0.3, -0.25) is 14.4 Å². The van der Waals surface area contributed by atoms with Crippen LogP contribution in [0.25, 0.3) is 0 Å². The van der Waals surface area contributed by atoms with Gasteiger partial charge in [0.1, 0.15) is 6.04 Å². The van der Waals surface area contributed by atoms with Crippen molar-refractivity contribution in [1.29, 1.82) is 0 Å². The van der Waals surface area contributed by atoms with Gasteiger partial charge in [0.05, 0.1) is 6.54 Å². The molecule has 0 aromatic carbocycles. The molecular weight excluding hydrogens is 234 g/mol. The topological polar surface area (TPSA) is 87.3 Å². The molecule has 0 saturated heterocycles. The maximum absolute atomic E-state index is 11.8. The number of hydrogen-bond donors (Lipinski definition) is 3. The minimum atomic E-state index is -0.581. The van der Waals surface area contributed by atoms with Gasteiger partial charge in [0.2, 0.25) is 17.7 Å². The second kappa shape index (κ2) is 8.49. The lowest BCUT2D eigenvalue weighted by atomic mass is 10.0. The molecule has 1 atom stereocenters. The van der Waals surface area contributed by atoms with Crippen molar-refractivity contribution in [2.45, 2.75) is 39.7 Å². The maximum Gasteiger partial charge on any atom is 0.243 e. The highest BCUT2D eigenvalue weighted by molar-refractivity contribution is 5.90. The Morgan fingerprint density at radius 3 is 2.17 bits per heavy atom. The molecule has 0 heterocycles. The molecule has 3 N–H and O–H groups in total. The van der Waals surface area contributed by atoms with Gasteiger partial charge in [-0.15, -0.1) is 0 Å². The standard InChI is InChI=1S/C12H23N3O3/c1-5-10(16)15-9(6-8(2)3)12(18)14-7-11(17)13-4/h8-9H,5-7H2,1-4H3,(H,13,17)(H,14,18)(H,15,16). The van der Waals surface area contributed by atoms with Gasteiger partial charge in [0, 0.05) is 13.5 Å². The molecule has 6 heteroatoms. The Hall–Kier alpha value is -1.59. The van der Waals surface area contributed by atoms with Gasteiger partial charge in [0.15, 0.2) is 0 Å². The normalized spacial score (nSPS) is 11.8. The van der Waals surface area contributed by atoms with Crippen molar-refractivity contribution in [2.75, 3.05) is 13.6 Å². The summed E-state index contributed by atoms with van der Waals surface area (Å²) in [4.78, 5) is 34.2. The Morgan fingerprint density at radius 1 is 1.11 bits per heavy atom. The fourth-order valence-corrected chi connectivity index (χ4v) is 1.38. The van der Waals surface area contributed by atoms with E-state index in [9.17, 15) is 14.4 Å². The van der Waals surface area contributed by atoms with E-state index in [4.69, 9.17) is 0 Å². The lowest BCUT2D eigenvalue weighted by Crippen LogP contribution is -2.49. The summed E-state index contributed by atoms with van der Waals surface area (Å²) < 4.78 is 0. The molecule has 0 aliphatic heterocycles. The van der Waals surface area contributed by atoms with Gasteiger partial charge in [-0.05, 0) is 12.3 Å². The van der Waals surface area contributed by atoms with E-state index in [0.29, 0.717) is 12.8 Å². The summed E-state index contributed by atoms with van der Waals surface area (Å²) in [5.41, 5.74) is 0. The Morgan fingerprint density at radius 2 is 1.72 bits per heavy atom. The lowest BCUT2D eigenvalue weighted by molar-refractivity contribution is -0.130. The molecule has 0 spiro atoms. The van der Waals surface area contributed by atoms with Gasteiger partial charge in [0.25, 0.3) is 0 Å². The predicted molar refractivity (Wildman–Crippen MR) is 68.8 cm³/mol. The van der Waals surface area contributed by atoms with E-state index in [2.05, 4.69) is 16.0 Å². The molecule has 0 aromatic rings. The van der Waals surface area contributed by atoms with Crippen molar-refractivity contribution in [3.63, 3.8) is 0 Å². The summed E-state index contributed by atoms with van der Waals surface area (Å²) in [7, 11) is 1.50. The van der Waals surface area contributed by atoms with E-state index >= 15 is 0 Å². The van der Waals surface area contributed by atoms with Crippen LogP contribution in [0, 0.1) is 5.92 Å². The molecule has 0 radical (unpaired) electrons. The van der Waals surface area contributed by atoms with Crippen LogP contribution in [0.5, 0.6) is 0 Å². The maximum atomic E-state index is 11.8. The third-order valence-electron chi connectivity index (χ3n) is 2.38. The van der Waals surface area contributed by atoms with Gasteiger partial charge in [-0.1, -0.05) is 20.8 Å². The second-order valence-electron chi connectivity index (χ2n) is 4.49. The summed E-state index contributed by atoms with van der Waals surface area (Å²) in [5.74, 6) is -0.490. The zero-order chi connectivity index (χ0) is 14.1. The largest absolute Gasteiger partial charge is 0.358 e. The lowest BCUT2D eigenvalue weighted by Gasteiger charge is -2.19. The van der Waals surface area contributed by atoms with E-state index in [1.807, 2.05) is 13.8 Å². The van der Waals surface area contributed by atoms with Crippen LogP contribution in [-0.4, -0.2) is 37.4 Å². The molecule has 104 valence electrons. The first-order valence-corrected chi connectivity index (χ1v) is 6.18. The van der Waals surface area contributed by atoms with E-state index in [0.717, 1.165) is 0 Å². The van der Waals surface area contributed by atoms with Crippen LogP contribution in [-0.2, 0) is 14.4 Å². The monoisotopic (exact) mass is 257 g/mol. The summed E-state index contributed by atoms with van der Waals surface area (Å²) in [6.45, 7) is 5.59. The van der Waals surface area contributed by atoms with Gasteiger partial charge in [-0.25, -0.2) is 0 Å². The van der Waals surface area contributed by atoms with Crippen LogP contribution in [0.1, 0.15) is 33.6 Å². The first-order valence-electron chi connectivity index (χ1n) is 6.18. The van der Waals surface area contributed by atoms with Crippen molar-refractivity contribution in [2.24, 2.45) is 5.92 Å². The molecular formula is C12H23N3O3. The quantitative estimate of drug-likeness (QED) is 0.590. The highest BCUT2D eigenvalue weighted by Gasteiger charge is 2.21. The Balaban J connectivity index is 4.39. The molecule has 0 rings (SSSR count). The van der Waals surface area contributed by atoms with E-state index in [1.54, 1.807) is 6.92 Å². The van der Waals surface area contributed by atoms with Crippen molar-refractivity contribution in [3.8, 4) is 0 Å². The first-order chi connectivity index (χ1) is 8.40. The third-order valence-corrected chi connectivity index (χ3v) is 2.38. The highest BCUT2D eigenvalue weighted by atomic mass is 16.2. The number of amides is 3. The minimum Gasteiger partial charge on any atom is -0.358 e. The highest BCUT2D eigenvalue weighted by Crippen LogP contribution is 2.05. The summed E-state index contributed by atoms with van der Waals surface area (Å²) in [5, 5.41) is 7.57. The minimum absolute atomic E-state index is 0.0775. The molecule has 1 unspecified atom stereocenters. The molecule has 0 bridgehead atoms. The number of rotatable bonds is 7. The predicted octanol–water partition coefficient (Wildman–Crippen LogP) is -0.210. The van der Waals surface area contributed by atoms with Crippen LogP contribution >= 0.6 is 0 Å². The van der Waals surface area contributed by atoms with E-state index < -0.39 is 6.04 Å². The fourth-order valence-electron chi connectivity index (χ4n) is 1.38. The number of carbonyl (C=O) groups is 3. The van der Waals surface area contributed by atoms with Gasteiger partial charge < -0.3 is 16.0 Å². The smallest absolute Gasteiger partial charge is 0.243 e. The Labute approximate surface area is 108 Å². The average Bonchev–Trinajstić information content (AvgIpc) is 2.33. The zero-order valence-electron chi connectivity index (χ0n) is 11.5. The second-order valence-corrected chi connectivity index (χ2v) is 4.49. The summed E-state index contributed by atoms with van der Waals surface area (Å²) in [6.07, 6.45) is 0.878. The molecule has 6 nitrogen and oxygen atoms in total. The number of hydrogen-bond acceptors (Lipinski definition) is 3. The molecule has 18 heavy (non-hydrogen) atoms. The van der Waals surface area contributed by atoms with Crippen LogP contribution in [0.4, 0.5) is 0 Å². The molecule has 0 fully saturated rings. The first kappa shape index (κ1) is 16.4. The number of likely N-dealkylation sites (N-methyl/N-ethyl adjacent to an activating group) is 1. The number of carbonyl (C=O) groups excluding carboxylic acids is 3. The SMILES string of the molecule is CCC(=O)NC(CC(C)C)C(=O)NCC(=O)NC. The average molecular weight is 257 g/mol. The van der Waals surface area contributed by atoms with Crippen molar-refractivity contribution in [1.82, 2.24) is 16.0 Å². The molecule has 0 saturated carbocycles. The fraction of sp³-hybridized carbons (Fsp3) is 0.750. The summed E-state index contributed by atoms with van der Waals surface area (Å²) in [6, 6.07) is -0.581. The van der Waals surface area contributed by atoms with Crippen LogP contribution in [0.3, 0.4) is 0 Å². The molecule has 0 aliphatic rings. The molecule has 0 aliphatic carbocycles. The number of nitrogens with one attached hydrogen (secondary N) is 3. The Kier molecular flexibility index (Phi) is 7.74.